The molecule has 102 valence electrons. The molecule has 0 spiro atoms. The second kappa shape index (κ2) is 5.00. The average Bonchev–Trinajstić information content (AvgIpc) is 3.06. The summed E-state index contributed by atoms with van der Waals surface area (Å²) in [5.41, 5.74) is 1.49. The third-order valence-corrected chi connectivity index (χ3v) is 3.59. The Morgan fingerprint density at radius 1 is 1.37 bits per heavy atom. The summed E-state index contributed by atoms with van der Waals surface area (Å²) >= 11 is 0. The van der Waals surface area contributed by atoms with Gasteiger partial charge in [-0.05, 0) is 19.3 Å². The molecule has 19 heavy (non-hydrogen) atoms. The van der Waals surface area contributed by atoms with E-state index in [0.29, 0.717) is 11.6 Å². The van der Waals surface area contributed by atoms with Gasteiger partial charge in [-0.3, -0.25) is 0 Å². The van der Waals surface area contributed by atoms with E-state index in [2.05, 4.69) is 30.6 Å². The molecule has 2 heterocycles. The molecule has 2 atom stereocenters. The molecule has 0 saturated heterocycles. The number of fused-ring (bicyclic) bond motifs is 1. The molecule has 0 radical (unpaired) electrons. The monoisotopic (exact) mass is 262 g/mol. The van der Waals surface area contributed by atoms with E-state index < -0.39 is 0 Å². The molecule has 0 aliphatic heterocycles. The van der Waals surface area contributed by atoms with Crippen LogP contribution >= 0.6 is 0 Å². The number of rotatable bonds is 4. The predicted octanol–water partition coefficient (Wildman–Crippen LogP) is 1.37. The fourth-order valence-corrected chi connectivity index (χ4v) is 2.60. The Labute approximate surface area is 111 Å². The zero-order chi connectivity index (χ0) is 13.2. The van der Waals surface area contributed by atoms with Gasteiger partial charge in [-0.1, -0.05) is 0 Å². The van der Waals surface area contributed by atoms with Gasteiger partial charge in [-0.2, -0.15) is 9.97 Å². The molecule has 0 bridgehead atoms. The number of methoxy groups -OCH3 is 1. The van der Waals surface area contributed by atoms with Crippen molar-refractivity contribution in [2.24, 2.45) is 0 Å². The van der Waals surface area contributed by atoms with Crippen molar-refractivity contribution in [3.05, 3.63) is 6.33 Å². The molecular formula is C12H18N6O. The molecule has 1 saturated carbocycles. The number of hydrogen-bond acceptors (Lipinski definition) is 6. The van der Waals surface area contributed by atoms with Crippen LogP contribution in [-0.2, 0) is 4.74 Å². The highest BCUT2D eigenvalue weighted by Crippen LogP contribution is 2.27. The van der Waals surface area contributed by atoms with E-state index in [-0.39, 0.29) is 12.1 Å². The van der Waals surface area contributed by atoms with Gasteiger partial charge >= 0.3 is 0 Å². The minimum absolute atomic E-state index is 0.242. The van der Waals surface area contributed by atoms with E-state index in [9.17, 15) is 0 Å². The Balaban J connectivity index is 1.92. The van der Waals surface area contributed by atoms with E-state index in [0.717, 1.165) is 24.2 Å². The molecule has 0 aromatic carbocycles. The number of aromatic nitrogens is 4. The summed E-state index contributed by atoms with van der Waals surface area (Å²) in [5, 5.41) is 6.41. The molecule has 2 aromatic rings. The lowest BCUT2D eigenvalue weighted by Crippen LogP contribution is -2.30. The number of H-pyrrole nitrogens is 1. The Kier molecular flexibility index (Phi) is 3.20. The first-order valence-electron chi connectivity index (χ1n) is 6.50. The first-order chi connectivity index (χ1) is 9.31. The number of hydrogen-bond donors (Lipinski definition) is 3. The zero-order valence-electron chi connectivity index (χ0n) is 11.1. The van der Waals surface area contributed by atoms with Crippen molar-refractivity contribution in [2.45, 2.75) is 31.4 Å². The van der Waals surface area contributed by atoms with Gasteiger partial charge in [0, 0.05) is 14.2 Å². The number of anilines is 2. The minimum atomic E-state index is 0.242. The molecule has 0 amide bonds. The summed E-state index contributed by atoms with van der Waals surface area (Å²) < 4.78 is 5.50. The summed E-state index contributed by atoms with van der Waals surface area (Å²) in [7, 11) is 3.56. The molecule has 7 heteroatoms. The van der Waals surface area contributed by atoms with E-state index >= 15 is 0 Å². The second-order valence-corrected chi connectivity index (χ2v) is 4.70. The Hall–Kier alpha value is -1.89. The zero-order valence-corrected chi connectivity index (χ0v) is 11.1. The second-order valence-electron chi connectivity index (χ2n) is 4.70. The highest BCUT2D eigenvalue weighted by Gasteiger charge is 2.28. The predicted molar refractivity (Wildman–Crippen MR) is 73.3 cm³/mol. The molecule has 2 aromatic heterocycles. The lowest BCUT2D eigenvalue weighted by atomic mass is 10.2. The van der Waals surface area contributed by atoms with Crippen molar-refractivity contribution in [2.75, 3.05) is 24.8 Å². The van der Waals surface area contributed by atoms with Crippen LogP contribution in [0.5, 0.6) is 0 Å². The van der Waals surface area contributed by atoms with E-state index in [1.54, 1.807) is 20.5 Å². The SMILES string of the molecule is CNc1nc(NC2CCCC2OC)c2[nH]cnc2n1. The van der Waals surface area contributed by atoms with Crippen LogP contribution in [0.4, 0.5) is 11.8 Å². The average molecular weight is 262 g/mol. The van der Waals surface area contributed by atoms with Crippen LogP contribution in [0.15, 0.2) is 6.33 Å². The number of nitrogens with zero attached hydrogens (tertiary/aromatic N) is 3. The molecule has 2 unspecified atom stereocenters. The molecule has 3 rings (SSSR count). The lowest BCUT2D eigenvalue weighted by molar-refractivity contribution is 0.101. The molecule has 3 N–H and O–H groups in total. The maximum absolute atomic E-state index is 5.50. The standard InChI is InChI=1S/C12H18N6O/c1-13-12-17-10-9(14-6-15-10)11(18-12)16-7-4-3-5-8(7)19-2/h6-8H,3-5H2,1-2H3,(H3,13,14,15,16,17,18). The Bertz CT molecular complexity index is 568. The maximum Gasteiger partial charge on any atom is 0.226 e. The van der Waals surface area contributed by atoms with Gasteiger partial charge in [-0.25, -0.2) is 4.98 Å². The molecule has 1 aliphatic carbocycles. The van der Waals surface area contributed by atoms with Gasteiger partial charge in [0.05, 0.1) is 18.5 Å². The van der Waals surface area contributed by atoms with Crippen LogP contribution in [0, 0.1) is 0 Å². The summed E-state index contributed by atoms with van der Waals surface area (Å²) in [6.45, 7) is 0. The number of ether oxygens (including phenoxy) is 1. The smallest absolute Gasteiger partial charge is 0.226 e. The first-order valence-corrected chi connectivity index (χ1v) is 6.50. The quantitative estimate of drug-likeness (QED) is 0.771. The number of imidazole rings is 1. The topological polar surface area (TPSA) is 87.8 Å². The summed E-state index contributed by atoms with van der Waals surface area (Å²) in [4.78, 5) is 16.0. The molecule has 1 aliphatic rings. The van der Waals surface area contributed by atoms with Crippen molar-refractivity contribution in [1.29, 1.82) is 0 Å². The van der Waals surface area contributed by atoms with Crippen LogP contribution < -0.4 is 10.6 Å². The third kappa shape index (κ3) is 2.21. The number of nitrogens with one attached hydrogen (secondary N) is 3. The Morgan fingerprint density at radius 3 is 3.05 bits per heavy atom. The molecule has 1 fully saturated rings. The van der Waals surface area contributed by atoms with Crippen LogP contribution in [0.25, 0.3) is 11.2 Å². The summed E-state index contributed by atoms with van der Waals surface area (Å²) in [6.07, 6.45) is 5.22. The van der Waals surface area contributed by atoms with Gasteiger partial charge in [0.2, 0.25) is 5.95 Å². The maximum atomic E-state index is 5.50. The van der Waals surface area contributed by atoms with Crippen LogP contribution in [0.3, 0.4) is 0 Å². The first kappa shape index (κ1) is 12.2. The Morgan fingerprint density at radius 2 is 2.26 bits per heavy atom. The van der Waals surface area contributed by atoms with E-state index in [1.807, 2.05) is 0 Å². The van der Waals surface area contributed by atoms with Gasteiger partial charge in [0.15, 0.2) is 11.5 Å². The minimum Gasteiger partial charge on any atom is -0.379 e. The molecular weight excluding hydrogens is 244 g/mol. The van der Waals surface area contributed by atoms with E-state index in [4.69, 9.17) is 4.74 Å². The number of aromatic amines is 1. The summed E-state index contributed by atoms with van der Waals surface area (Å²) in [6, 6.07) is 0.288. The van der Waals surface area contributed by atoms with Crippen molar-refractivity contribution < 1.29 is 4.74 Å². The van der Waals surface area contributed by atoms with E-state index in [1.165, 1.54) is 6.42 Å². The van der Waals surface area contributed by atoms with Gasteiger partial charge in [-0.15, -0.1) is 0 Å². The summed E-state index contributed by atoms with van der Waals surface area (Å²) in [5.74, 6) is 1.34. The van der Waals surface area contributed by atoms with Crippen molar-refractivity contribution in [3.63, 3.8) is 0 Å². The van der Waals surface area contributed by atoms with Crippen LogP contribution in [0.1, 0.15) is 19.3 Å². The third-order valence-electron chi connectivity index (χ3n) is 3.59. The fraction of sp³-hybridized carbons (Fsp3) is 0.583. The van der Waals surface area contributed by atoms with Crippen molar-refractivity contribution in [1.82, 2.24) is 19.9 Å². The molecule has 7 nitrogen and oxygen atoms in total. The fourth-order valence-electron chi connectivity index (χ4n) is 2.60. The largest absolute Gasteiger partial charge is 0.379 e. The normalized spacial score (nSPS) is 22.8. The van der Waals surface area contributed by atoms with Crippen molar-refractivity contribution in [3.8, 4) is 0 Å². The van der Waals surface area contributed by atoms with Gasteiger partial charge in [0.1, 0.15) is 5.52 Å². The van der Waals surface area contributed by atoms with Crippen LogP contribution in [-0.4, -0.2) is 46.2 Å². The van der Waals surface area contributed by atoms with Crippen molar-refractivity contribution >= 4 is 22.9 Å². The lowest BCUT2D eigenvalue weighted by Gasteiger charge is -2.20. The highest BCUT2D eigenvalue weighted by atomic mass is 16.5. The highest BCUT2D eigenvalue weighted by molar-refractivity contribution is 5.83. The van der Waals surface area contributed by atoms with Gasteiger partial charge < -0.3 is 20.4 Å². The van der Waals surface area contributed by atoms with Gasteiger partial charge in [0.25, 0.3) is 0 Å². The van der Waals surface area contributed by atoms with Crippen LogP contribution in [0.2, 0.25) is 0 Å².